The highest BCUT2D eigenvalue weighted by molar-refractivity contribution is 5.69. The van der Waals surface area contributed by atoms with Crippen LogP contribution in [0.5, 0.6) is 0 Å². The predicted molar refractivity (Wildman–Crippen MR) is 47.3 cm³/mol. The van der Waals surface area contributed by atoms with E-state index in [2.05, 4.69) is 5.32 Å². The Labute approximate surface area is 81.8 Å². The maximum absolute atomic E-state index is 12.7. The third kappa shape index (κ3) is 2.33. The number of hydrogen-bond donors (Lipinski definition) is 1. The highest BCUT2D eigenvalue weighted by Crippen LogP contribution is 2.52. The molecule has 5 heteroatoms. The first-order chi connectivity index (χ1) is 6.06. The zero-order valence-electron chi connectivity index (χ0n) is 8.78. The van der Waals surface area contributed by atoms with Crippen LogP contribution in [0.15, 0.2) is 0 Å². The van der Waals surface area contributed by atoms with Gasteiger partial charge in [0.05, 0.1) is 0 Å². The highest BCUT2D eigenvalue weighted by atomic mass is 19.3. The Morgan fingerprint density at radius 3 is 2.14 bits per heavy atom. The maximum atomic E-state index is 12.7. The third-order valence-electron chi connectivity index (χ3n) is 2.03. The van der Waals surface area contributed by atoms with Crippen LogP contribution in [0.1, 0.15) is 34.1 Å². The summed E-state index contributed by atoms with van der Waals surface area (Å²) in [5.41, 5.74) is -2.08. The van der Waals surface area contributed by atoms with Gasteiger partial charge in [0.15, 0.2) is 0 Å². The predicted octanol–water partition coefficient (Wildman–Crippen LogP) is 2.31. The molecule has 1 N–H and O–H groups in total. The molecule has 1 saturated carbocycles. The molecule has 0 aliphatic heterocycles. The zero-order chi connectivity index (χ0) is 11.2. The minimum absolute atomic E-state index is 0.320. The minimum atomic E-state index is -2.80. The van der Waals surface area contributed by atoms with Crippen LogP contribution in [0.3, 0.4) is 0 Å². The van der Waals surface area contributed by atoms with Crippen molar-refractivity contribution >= 4 is 6.09 Å². The van der Waals surface area contributed by atoms with Crippen LogP contribution in [-0.2, 0) is 4.74 Å². The number of carbonyl (C=O) groups is 1. The second kappa shape index (κ2) is 2.81. The lowest BCUT2D eigenvalue weighted by Crippen LogP contribution is -2.42. The SMILES string of the molecule is CC(C)(C)OC(=O)N[C@@]1(C)CC1(F)F. The number of carbonyl (C=O) groups excluding carboxylic acids is 1. The molecule has 0 saturated heterocycles. The van der Waals surface area contributed by atoms with Crippen molar-refractivity contribution in [2.75, 3.05) is 0 Å². The van der Waals surface area contributed by atoms with Crippen LogP contribution in [0.4, 0.5) is 13.6 Å². The Balaban J connectivity index is 2.44. The number of alkyl carbamates (subject to hydrolysis) is 1. The van der Waals surface area contributed by atoms with E-state index >= 15 is 0 Å². The Morgan fingerprint density at radius 1 is 1.43 bits per heavy atom. The monoisotopic (exact) mass is 207 g/mol. The van der Waals surface area contributed by atoms with E-state index in [0.29, 0.717) is 0 Å². The van der Waals surface area contributed by atoms with Crippen molar-refractivity contribution in [2.45, 2.75) is 51.2 Å². The Bertz CT molecular complexity index is 260. The summed E-state index contributed by atoms with van der Waals surface area (Å²) in [6, 6.07) is 0. The van der Waals surface area contributed by atoms with Gasteiger partial charge in [-0.15, -0.1) is 0 Å². The zero-order valence-corrected chi connectivity index (χ0v) is 8.78. The van der Waals surface area contributed by atoms with Gasteiger partial charge in [0, 0.05) is 6.42 Å². The van der Waals surface area contributed by atoms with Crippen molar-refractivity contribution in [1.29, 1.82) is 0 Å². The number of alkyl halides is 2. The molecule has 0 radical (unpaired) electrons. The largest absolute Gasteiger partial charge is 0.444 e. The normalized spacial score (nSPS) is 29.6. The number of ether oxygens (including phenoxy) is 1. The molecule has 1 atom stereocenters. The number of halogens is 2. The molecule has 1 amide bonds. The lowest BCUT2D eigenvalue weighted by molar-refractivity contribution is 0.0385. The third-order valence-corrected chi connectivity index (χ3v) is 2.03. The second-order valence-corrected chi connectivity index (χ2v) is 4.84. The first-order valence-corrected chi connectivity index (χ1v) is 4.45. The van der Waals surface area contributed by atoms with E-state index in [4.69, 9.17) is 4.74 Å². The Kier molecular flexibility index (Phi) is 2.25. The molecule has 1 rings (SSSR count). The fourth-order valence-corrected chi connectivity index (χ4v) is 1.06. The van der Waals surface area contributed by atoms with E-state index in [1.807, 2.05) is 0 Å². The molecule has 0 aromatic rings. The summed E-state index contributed by atoms with van der Waals surface area (Å²) in [5.74, 6) is -2.80. The highest BCUT2D eigenvalue weighted by Gasteiger charge is 2.69. The topological polar surface area (TPSA) is 38.3 Å². The van der Waals surface area contributed by atoms with Gasteiger partial charge in [0.2, 0.25) is 0 Å². The number of hydrogen-bond acceptors (Lipinski definition) is 2. The van der Waals surface area contributed by atoms with Crippen molar-refractivity contribution in [3.8, 4) is 0 Å². The van der Waals surface area contributed by atoms with Crippen LogP contribution in [0.2, 0.25) is 0 Å². The molecular formula is C9H15F2NO2. The van der Waals surface area contributed by atoms with Crippen LogP contribution < -0.4 is 5.32 Å². The smallest absolute Gasteiger partial charge is 0.408 e. The van der Waals surface area contributed by atoms with E-state index in [1.165, 1.54) is 6.92 Å². The molecule has 0 spiro atoms. The molecule has 14 heavy (non-hydrogen) atoms. The van der Waals surface area contributed by atoms with Gasteiger partial charge in [-0.2, -0.15) is 0 Å². The van der Waals surface area contributed by atoms with Gasteiger partial charge in [-0.1, -0.05) is 0 Å². The van der Waals surface area contributed by atoms with Crippen molar-refractivity contribution in [3.63, 3.8) is 0 Å². The van der Waals surface area contributed by atoms with Crippen molar-refractivity contribution in [1.82, 2.24) is 5.32 Å². The maximum Gasteiger partial charge on any atom is 0.408 e. The molecule has 1 aliphatic rings. The summed E-state index contributed by atoms with van der Waals surface area (Å²) in [4.78, 5) is 11.1. The second-order valence-electron chi connectivity index (χ2n) is 4.84. The number of nitrogens with one attached hydrogen (secondary N) is 1. The summed E-state index contributed by atoms with van der Waals surface area (Å²) >= 11 is 0. The number of rotatable bonds is 1. The van der Waals surface area contributed by atoms with Crippen molar-refractivity contribution in [3.05, 3.63) is 0 Å². The minimum Gasteiger partial charge on any atom is -0.444 e. The van der Waals surface area contributed by atoms with Gasteiger partial charge in [-0.25, -0.2) is 13.6 Å². The quantitative estimate of drug-likeness (QED) is 0.716. The molecule has 0 aromatic carbocycles. The molecule has 1 aliphatic carbocycles. The van der Waals surface area contributed by atoms with Gasteiger partial charge in [-0.3, -0.25) is 0 Å². The van der Waals surface area contributed by atoms with Gasteiger partial charge >= 0.3 is 6.09 Å². The Morgan fingerprint density at radius 2 is 1.86 bits per heavy atom. The van der Waals surface area contributed by atoms with Gasteiger partial charge in [-0.05, 0) is 27.7 Å². The summed E-state index contributed by atoms with van der Waals surface area (Å²) in [5, 5.41) is 2.17. The van der Waals surface area contributed by atoms with Crippen LogP contribution >= 0.6 is 0 Å². The summed E-state index contributed by atoms with van der Waals surface area (Å²) < 4.78 is 30.3. The van der Waals surface area contributed by atoms with Crippen LogP contribution in [0, 0.1) is 0 Å². The molecular weight excluding hydrogens is 192 g/mol. The lowest BCUT2D eigenvalue weighted by Gasteiger charge is -2.21. The van der Waals surface area contributed by atoms with E-state index in [0.717, 1.165) is 0 Å². The fraction of sp³-hybridized carbons (Fsp3) is 0.889. The first kappa shape index (κ1) is 11.2. The first-order valence-electron chi connectivity index (χ1n) is 4.45. The van der Waals surface area contributed by atoms with Gasteiger partial charge in [0.25, 0.3) is 5.92 Å². The average Bonchev–Trinajstić information content (AvgIpc) is 2.22. The van der Waals surface area contributed by atoms with Crippen LogP contribution in [0.25, 0.3) is 0 Å². The van der Waals surface area contributed by atoms with Crippen LogP contribution in [-0.4, -0.2) is 23.2 Å². The molecule has 0 unspecified atom stereocenters. The summed E-state index contributed by atoms with van der Waals surface area (Å²) in [6.07, 6.45) is -1.11. The fourth-order valence-electron chi connectivity index (χ4n) is 1.06. The lowest BCUT2D eigenvalue weighted by atomic mass is 10.2. The standard InChI is InChI=1S/C9H15F2NO2/c1-7(2,3)14-6(13)12-8(4)5-9(8,10)11/h5H2,1-4H3,(H,12,13)/t8-/m0/s1. The van der Waals surface area contributed by atoms with E-state index in [9.17, 15) is 13.6 Å². The molecule has 1 fully saturated rings. The number of amides is 1. The van der Waals surface area contributed by atoms with Crippen molar-refractivity contribution < 1.29 is 18.3 Å². The Hall–Kier alpha value is -0.870. The molecule has 3 nitrogen and oxygen atoms in total. The van der Waals surface area contributed by atoms with E-state index in [1.54, 1.807) is 20.8 Å². The van der Waals surface area contributed by atoms with E-state index < -0.39 is 23.2 Å². The van der Waals surface area contributed by atoms with Gasteiger partial charge in [0.1, 0.15) is 11.1 Å². The summed E-state index contributed by atoms with van der Waals surface area (Å²) in [6.45, 7) is 6.34. The molecule has 82 valence electrons. The molecule has 0 bridgehead atoms. The van der Waals surface area contributed by atoms with Crippen molar-refractivity contribution in [2.24, 2.45) is 0 Å². The summed E-state index contributed by atoms with van der Waals surface area (Å²) in [7, 11) is 0. The van der Waals surface area contributed by atoms with Gasteiger partial charge < -0.3 is 10.1 Å². The molecule has 0 aromatic heterocycles. The van der Waals surface area contributed by atoms with E-state index in [-0.39, 0.29) is 6.42 Å². The average molecular weight is 207 g/mol. The molecule has 0 heterocycles.